The molecule has 8 nitrogen and oxygen atoms in total. The van der Waals surface area contributed by atoms with E-state index in [0.717, 1.165) is 65.2 Å². The van der Waals surface area contributed by atoms with Gasteiger partial charge in [0, 0.05) is 38.3 Å². The number of benzene rings is 2. The van der Waals surface area contributed by atoms with Gasteiger partial charge in [-0.05, 0) is 73.2 Å². The SMILES string of the molecule is CCC1CN(Cc2cc([C@@H](c3ccc4c(nnn4CC)c3C)[C@@H](C)C(=O)O)ccc2C)Cc2ncccc2O1. The third kappa shape index (κ3) is 5.26. The van der Waals surface area contributed by atoms with E-state index < -0.39 is 11.9 Å². The second-order valence-electron chi connectivity index (χ2n) is 10.6. The monoisotopic (exact) mass is 527 g/mol. The van der Waals surface area contributed by atoms with E-state index >= 15 is 0 Å². The van der Waals surface area contributed by atoms with Gasteiger partial charge in [0.15, 0.2) is 0 Å². The molecule has 0 amide bonds. The quantitative estimate of drug-likeness (QED) is 0.324. The maximum atomic E-state index is 12.3. The Balaban J connectivity index is 1.53. The van der Waals surface area contributed by atoms with Crippen LogP contribution in [0.4, 0.5) is 0 Å². The van der Waals surface area contributed by atoms with E-state index in [0.29, 0.717) is 6.54 Å². The topological polar surface area (TPSA) is 93.4 Å². The van der Waals surface area contributed by atoms with Crippen LogP contribution in [0.1, 0.15) is 66.6 Å². The zero-order valence-corrected chi connectivity index (χ0v) is 23.4. The molecule has 0 spiro atoms. The Labute approximate surface area is 229 Å². The van der Waals surface area contributed by atoms with E-state index in [-0.39, 0.29) is 12.0 Å². The zero-order valence-electron chi connectivity index (χ0n) is 23.4. The molecule has 2 aromatic heterocycles. The smallest absolute Gasteiger partial charge is 0.307 e. The molecule has 0 bridgehead atoms. The first-order chi connectivity index (χ1) is 18.8. The molecular formula is C31H37N5O3. The summed E-state index contributed by atoms with van der Waals surface area (Å²) in [6.45, 7) is 13.1. The number of rotatable bonds is 8. The van der Waals surface area contributed by atoms with Crippen LogP contribution in [0.25, 0.3) is 11.0 Å². The third-order valence-corrected chi connectivity index (χ3v) is 8.07. The minimum Gasteiger partial charge on any atom is -0.487 e. The van der Waals surface area contributed by atoms with Crippen LogP contribution in [0, 0.1) is 19.8 Å². The lowest BCUT2D eigenvalue weighted by Crippen LogP contribution is -2.32. The van der Waals surface area contributed by atoms with Crippen LogP contribution in [-0.2, 0) is 24.4 Å². The van der Waals surface area contributed by atoms with E-state index in [2.05, 4.69) is 58.3 Å². The van der Waals surface area contributed by atoms with Gasteiger partial charge >= 0.3 is 5.97 Å². The Kier molecular flexibility index (Phi) is 7.66. The minimum absolute atomic E-state index is 0.0876. The highest BCUT2D eigenvalue weighted by Gasteiger charge is 2.30. The Hall–Kier alpha value is -3.78. The molecule has 0 saturated heterocycles. The zero-order chi connectivity index (χ0) is 27.7. The summed E-state index contributed by atoms with van der Waals surface area (Å²) >= 11 is 0. The van der Waals surface area contributed by atoms with Gasteiger partial charge in [0.05, 0.1) is 17.1 Å². The fraction of sp³-hybridized carbons (Fsp3) is 0.419. The summed E-state index contributed by atoms with van der Waals surface area (Å²) in [5.74, 6) is -0.906. The normalized spacial score (nSPS) is 17.3. The predicted octanol–water partition coefficient (Wildman–Crippen LogP) is 5.49. The first-order valence-corrected chi connectivity index (χ1v) is 13.8. The lowest BCUT2D eigenvalue weighted by molar-refractivity contribution is -0.141. The molecule has 1 unspecified atom stereocenters. The molecule has 2 aromatic carbocycles. The van der Waals surface area contributed by atoms with E-state index in [1.165, 1.54) is 11.1 Å². The summed E-state index contributed by atoms with van der Waals surface area (Å²) in [4.78, 5) is 19.3. The van der Waals surface area contributed by atoms with Crippen LogP contribution in [0.3, 0.4) is 0 Å². The molecule has 0 aliphatic carbocycles. The van der Waals surface area contributed by atoms with Crippen LogP contribution in [0.2, 0.25) is 0 Å². The summed E-state index contributed by atoms with van der Waals surface area (Å²) in [7, 11) is 0. The highest BCUT2D eigenvalue weighted by atomic mass is 16.5. The maximum absolute atomic E-state index is 12.3. The van der Waals surface area contributed by atoms with Crippen molar-refractivity contribution in [3.05, 3.63) is 82.2 Å². The summed E-state index contributed by atoms with van der Waals surface area (Å²) in [5, 5.41) is 18.8. The van der Waals surface area contributed by atoms with Crippen molar-refractivity contribution in [2.45, 2.75) is 72.7 Å². The van der Waals surface area contributed by atoms with Crippen LogP contribution < -0.4 is 4.74 Å². The molecule has 1 aliphatic heterocycles. The number of nitrogens with zero attached hydrogens (tertiary/aromatic N) is 5. The third-order valence-electron chi connectivity index (χ3n) is 8.07. The van der Waals surface area contributed by atoms with Crippen molar-refractivity contribution in [3.8, 4) is 5.75 Å². The molecule has 0 saturated carbocycles. The second-order valence-corrected chi connectivity index (χ2v) is 10.6. The number of hydrogen-bond donors (Lipinski definition) is 1. The van der Waals surface area contributed by atoms with Crippen molar-refractivity contribution < 1.29 is 14.6 Å². The van der Waals surface area contributed by atoms with Crippen LogP contribution in [-0.4, -0.2) is 48.6 Å². The standard InChI is InChI=1S/C31H37N5O3/c1-6-24-17-35(18-26-28(39-24)9-8-14-32-26)16-23-15-22(11-10-19(23)3)29(21(5)31(37)38)25-12-13-27-30(20(25)4)33-34-36(27)7-2/h8-15,21,24,29H,6-7,16-18H2,1-5H3,(H,37,38)/t21-,24?,29+/m1/s1. The molecule has 0 fully saturated rings. The molecule has 204 valence electrons. The molecule has 1 aliphatic rings. The average Bonchev–Trinajstić information content (AvgIpc) is 3.27. The number of fused-ring (bicyclic) bond motifs is 2. The number of hydrogen-bond acceptors (Lipinski definition) is 6. The number of carboxylic acid groups (broad SMARTS) is 1. The summed E-state index contributed by atoms with van der Waals surface area (Å²) in [6.07, 6.45) is 2.81. The van der Waals surface area contributed by atoms with Gasteiger partial charge < -0.3 is 9.84 Å². The van der Waals surface area contributed by atoms with Crippen LogP contribution in [0.15, 0.2) is 48.7 Å². The summed E-state index contributed by atoms with van der Waals surface area (Å²) in [5.41, 5.74) is 8.04. The summed E-state index contributed by atoms with van der Waals surface area (Å²) < 4.78 is 8.13. The number of pyridine rings is 1. The summed E-state index contributed by atoms with van der Waals surface area (Å²) in [6, 6.07) is 14.4. The first-order valence-electron chi connectivity index (χ1n) is 13.8. The van der Waals surface area contributed by atoms with Crippen molar-refractivity contribution >= 4 is 17.0 Å². The van der Waals surface area contributed by atoms with Crippen LogP contribution in [0.5, 0.6) is 5.75 Å². The lowest BCUT2D eigenvalue weighted by atomic mass is 9.79. The number of aliphatic carboxylic acids is 1. The number of carboxylic acids is 1. The van der Waals surface area contributed by atoms with Crippen molar-refractivity contribution in [2.24, 2.45) is 5.92 Å². The van der Waals surface area contributed by atoms with Gasteiger partial charge in [-0.2, -0.15) is 0 Å². The van der Waals surface area contributed by atoms with Gasteiger partial charge in [0.2, 0.25) is 0 Å². The Bertz CT molecular complexity index is 1500. The van der Waals surface area contributed by atoms with Crippen molar-refractivity contribution in [2.75, 3.05) is 6.54 Å². The number of aryl methyl sites for hydroxylation is 3. The molecule has 0 radical (unpaired) electrons. The van der Waals surface area contributed by atoms with Gasteiger partial charge in [-0.15, -0.1) is 5.10 Å². The van der Waals surface area contributed by atoms with E-state index in [4.69, 9.17) is 4.74 Å². The van der Waals surface area contributed by atoms with E-state index in [1.54, 1.807) is 6.92 Å². The van der Waals surface area contributed by atoms with Gasteiger partial charge in [0.25, 0.3) is 0 Å². The predicted molar refractivity (Wildman–Crippen MR) is 151 cm³/mol. The van der Waals surface area contributed by atoms with Crippen molar-refractivity contribution in [1.29, 1.82) is 0 Å². The van der Waals surface area contributed by atoms with Gasteiger partial charge in [-0.3, -0.25) is 14.7 Å². The average molecular weight is 528 g/mol. The van der Waals surface area contributed by atoms with Gasteiger partial charge in [-0.1, -0.05) is 43.3 Å². The van der Waals surface area contributed by atoms with E-state index in [9.17, 15) is 9.90 Å². The number of ether oxygens (including phenoxy) is 1. The molecule has 39 heavy (non-hydrogen) atoms. The second kappa shape index (κ2) is 11.1. The fourth-order valence-corrected chi connectivity index (χ4v) is 5.69. The molecule has 3 atom stereocenters. The maximum Gasteiger partial charge on any atom is 0.307 e. The molecule has 8 heteroatoms. The Morgan fingerprint density at radius 1 is 1.18 bits per heavy atom. The van der Waals surface area contributed by atoms with Gasteiger partial charge in [0.1, 0.15) is 17.4 Å². The van der Waals surface area contributed by atoms with Crippen molar-refractivity contribution in [3.63, 3.8) is 0 Å². The molecular weight excluding hydrogens is 490 g/mol. The molecule has 4 aromatic rings. The highest BCUT2D eigenvalue weighted by molar-refractivity contribution is 5.81. The van der Waals surface area contributed by atoms with E-state index in [1.807, 2.05) is 42.9 Å². The molecule has 3 heterocycles. The lowest BCUT2D eigenvalue weighted by Gasteiger charge is -2.27. The molecule has 1 N–H and O–H groups in total. The highest BCUT2D eigenvalue weighted by Crippen LogP contribution is 2.37. The van der Waals surface area contributed by atoms with Crippen LogP contribution >= 0.6 is 0 Å². The number of aromatic nitrogens is 4. The Morgan fingerprint density at radius 2 is 2.00 bits per heavy atom. The number of carbonyl (C=O) groups is 1. The Morgan fingerprint density at radius 3 is 2.74 bits per heavy atom. The largest absolute Gasteiger partial charge is 0.487 e. The molecule has 5 rings (SSSR count). The first kappa shape index (κ1) is 26.8. The fourth-order valence-electron chi connectivity index (χ4n) is 5.69. The van der Waals surface area contributed by atoms with Gasteiger partial charge in [-0.25, -0.2) is 4.68 Å². The van der Waals surface area contributed by atoms with Crippen molar-refractivity contribution in [1.82, 2.24) is 24.9 Å². The minimum atomic E-state index is -0.822.